The van der Waals surface area contributed by atoms with Gasteiger partial charge in [-0.3, -0.25) is 9.59 Å². The van der Waals surface area contributed by atoms with Crippen LogP contribution in [0.2, 0.25) is 0 Å². The maximum absolute atomic E-state index is 13.3. The maximum Gasteiger partial charge on any atom is 0.251 e. The van der Waals surface area contributed by atoms with Gasteiger partial charge in [0.25, 0.3) is 5.91 Å². The summed E-state index contributed by atoms with van der Waals surface area (Å²) in [5.74, 6) is -0.540. The third kappa shape index (κ3) is 4.39. The van der Waals surface area contributed by atoms with Crippen molar-refractivity contribution in [2.24, 2.45) is 0 Å². The molecule has 0 bridgehead atoms. The molecule has 2 aromatic rings. The summed E-state index contributed by atoms with van der Waals surface area (Å²) in [6.07, 6.45) is 4.10. The summed E-state index contributed by atoms with van der Waals surface area (Å²) in [5, 5.41) is 2.82. The number of carbonyl (C=O) groups is 2. The van der Waals surface area contributed by atoms with E-state index < -0.39 is 0 Å². The molecule has 4 nitrogen and oxygen atoms in total. The van der Waals surface area contributed by atoms with E-state index in [0.717, 1.165) is 36.8 Å². The minimum Gasteiger partial charge on any atom is -0.352 e. The Hall–Kier alpha value is -2.95. The zero-order valence-corrected chi connectivity index (χ0v) is 16.4. The molecule has 1 heterocycles. The second-order valence-electron chi connectivity index (χ2n) is 7.77. The normalized spacial score (nSPS) is 18.7. The van der Waals surface area contributed by atoms with Crippen LogP contribution in [0.1, 0.15) is 43.2 Å². The average Bonchev–Trinajstić information content (AvgIpc) is 2.99. The van der Waals surface area contributed by atoms with Crippen LogP contribution in [0, 0.1) is 5.82 Å². The van der Waals surface area contributed by atoms with E-state index in [2.05, 4.69) is 5.32 Å². The highest BCUT2D eigenvalue weighted by Crippen LogP contribution is 2.38. The van der Waals surface area contributed by atoms with Crippen molar-refractivity contribution in [3.8, 4) is 0 Å². The molecule has 1 N–H and O–H groups in total. The Balaban J connectivity index is 1.45. The number of carbonyl (C=O) groups excluding carboxylic acids is 2. The highest BCUT2D eigenvalue weighted by Gasteiger charge is 2.40. The number of fused-ring (bicyclic) bond motifs is 1. The predicted molar refractivity (Wildman–Crippen MR) is 109 cm³/mol. The first-order valence-corrected chi connectivity index (χ1v) is 10.2. The van der Waals surface area contributed by atoms with Crippen LogP contribution in [0.3, 0.4) is 0 Å². The molecule has 1 saturated carbocycles. The van der Waals surface area contributed by atoms with E-state index >= 15 is 0 Å². The summed E-state index contributed by atoms with van der Waals surface area (Å²) in [4.78, 5) is 27.6. The van der Waals surface area contributed by atoms with Gasteiger partial charge in [-0.1, -0.05) is 48.9 Å². The van der Waals surface area contributed by atoms with Crippen LogP contribution < -0.4 is 5.32 Å². The summed E-state index contributed by atoms with van der Waals surface area (Å²) >= 11 is 0. The van der Waals surface area contributed by atoms with Gasteiger partial charge in [-0.25, -0.2) is 4.39 Å². The molecule has 1 unspecified atom stereocenters. The third-order valence-corrected chi connectivity index (χ3v) is 5.77. The standard InChI is InChI=1S/C24H25FN2O2/c25-19-10-6-9-18(13-19)15-26-23(28)14-21-20-11-4-5-12-22(20)27(24(21)29)16-17-7-2-1-3-8-17/h1-3,6-10,13,22H,4-5,11-12,14-16H2,(H,26,28). The topological polar surface area (TPSA) is 49.4 Å². The van der Waals surface area contributed by atoms with E-state index in [1.807, 2.05) is 35.2 Å². The van der Waals surface area contributed by atoms with E-state index in [9.17, 15) is 14.0 Å². The Morgan fingerprint density at radius 1 is 1.07 bits per heavy atom. The molecule has 1 aliphatic carbocycles. The minimum absolute atomic E-state index is 0.0170. The van der Waals surface area contributed by atoms with Gasteiger partial charge in [0.1, 0.15) is 5.82 Å². The number of benzene rings is 2. The lowest BCUT2D eigenvalue weighted by molar-refractivity contribution is -0.129. The number of hydrogen-bond donors (Lipinski definition) is 1. The molecule has 0 radical (unpaired) electrons. The van der Waals surface area contributed by atoms with Crippen molar-refractivity contribution in [3.05, 3.63) is 82.7 Å². The largest absolute Gasteiger partial charge is 0.352 e. The lowest BCUT2D eigenvalue weighted by Crippen LogP contribution is -2.36. The molecule has 29 heavy (non-hydrogen) atoms. The Bertz CT molecular complexity index is 939. The average molecular weight is 392 g/mol. The molecule has 150 valence electrons. The molecule has 4 rings (SSSR count). The molecular weight excluding hydrogens is 367 g/mol. The van der Waals surface area contributed by atoms with Gasteiger partial charge >= 0.3 is 0 Å². The van der Waals surface area contributed by atoms with Crippen molar-refractivity contribution in [3.63, 3.8) is 0 Å². The number of halogens is 1. The molecule has 1 fully saturated rings. The van der Waals surface area contributed by atoms with Crippen molar-refractivity contribution < 1.29 is 14.0 Å². The predicted octanol–water partition coefficient (Wildman–Crippen LogP) is 4.11. The zero-order valence-electron chi connectivity index (χ0n) is 16.4. The SMILES string of the molecule is O=C(CC1=C2CCCCC2N(Cc2ccccc2)C1=O)NCc1cccc(F)c1. The summed E-state index contributed by atoms with van der Waals surface area (Å²) in [5.41, 5.74) is 3.60. The van der Waals surface area contributed by atoms with Crippen LogP contribution >= 0.6 is 0 Å². The van der Waals surface area contributed by atoms with E-state index in [1.54, 1.807) is 12.1 Å². The maximum atomic E-state index is 13.3. The first kappa shape index (κ1) is 19.4. The van der Waals surface area contributed by atoms with E-state index in [1.165, 1.54) is 12.1 Å². The molecule has 2 aliphatic rings. The molecule has 1 atom stereocenters. The summed E-state index contributed by atoms with van der Waals surface area (Å²) < 4.78 is 13.3. The van der Waals surface area contributed by atoms with Crippen LogP contribution in [0.5, 0.6) is 0 Å². The monoisotopic (exact) mass is 392 g/mol. The van der Waals surface area contributed by atoms with Gasteiger partial charge in [0.05, 0.1) is 12.5 Å². The Labute approximate surface area is 170 Å². The fraction of sp³-hybridized carbons (Fsp3) is 0.333. The van der Waals surface area contributed by atoms with Gasteiger partial charge in [-0.2, -0.15) is 0 Å². The molecule has 2 amide bonds. The molecule has 1 aliphatic heterocycles. The molecule has 5 heteroatoms. The second kappa shape index (κ2) is 8.60. The molecule has 0 spiro atoms. The molecule has 2 aromatic carbocycles. The van der Waals surface area contributed by atoms with Crippen LogP contribution in [0.4, 0.5) is 4.39 Å². The van der Waals surface area contributed by atoms with Crippen molar-refractivity contribution in [2.75, 3.05) is 0 Å². The van der Waals surface area contributed by atoms with Gasteiger partial charge in [0, 0.05) is 18.7 Å². The third-order valence-electron chi connectivity index (χ3n) is 5.77. The van der Waals surface area contributed by atoms with Gasteiger partial charge < -0.3 is 10.2 Å². The second-order valence-corrected chi connectivity index (χ2v) is 7.77. The number of rotatable bonds is 6. The lowest BCUT2D eigenvalue weighted by Gasteiger charge is -2.30. The van der Waals surface area contributed by atoms with Crippen LogP contribution in [0.25, 0.3) is 0 Å². The first-order chi connectivity index (χ1) is 14.1. The van der Waals surface area contributed by atoms with Crippen molar-refractivity contribution in [1.82, 2.24) is 10.2 Å². The highest BCUT2D eigenvalue weighted by molar-refractivity contribution is 6.02. The summed E-state index contributed by atoms with van der Waals surface area (Å²) in [7, 11) is 0. The minimum atomic E-state index is -0.325. The number of hydrogen-bond acceptors (Lipinski definition) is 2. The van der Waals surface area contributed by atoms with Crippen molar-refractivity contribution in [1.29, 1.82) is 0 Å². The lowest BCUT2D eigenvalue weighted by atomic mass is 9.88. The van der Waals surface area contributed by atoms with Crippen LogP contribution in [-0.4, -0.2) is 22.8 Å². The van der Waals surface area contributed by atoms with Gasteiger partial charge in [-0.15, -0.1) is 0 Å². The smallest absolute Gasteiger partial charge is 0.251 e. The van der Waals surface area contributed by atoms with Crippen LogP contribution in [0.15, 0.2) is 65.7 Å². The first-order valence-electron chi connectivity index (χ1n) is 10.2. The van der Waals surface area contributed by atoms with Crippen molar-refractivity contribution in [2.45, 2.75) is 51.2 Å². The summed E-state index contributed by atoms with van der Waals surface area (Å²) in [6.45, 7) is 0.826. The number of amides is 2. The fourth-order valence-corrected chi connectivity index (χ4v) is 4.36. The van der Waals surface area contributed by atoms with E-state index in [0.29, 0.717) is 17.7 Å². The molecular formula is C24H25FN2O2. The Morgan fingerprint density at radius 2 is 1.86 bits per heavy atom. The van der Waals surface area contributed by atoms with Gasteiger partial charge in [0.15, 0.2) is 0 Å². The fourth-order valence-electron chi connectivity index (χ4n) is 4.36. The Morgan fingerprint density at radius 3 is 2.66 bits per heavy atom. The number of nitrogens with zero attached hydrogens (tertiary/aromatic N) is 1. The van der Waals surface area contributed by atoms with Crippen LogP contribution in [-0.2, 0) is 22.7 Å². The highest BCUT2D eigenvalue weighted by atomic mass is 19.1. The van der Waals surface area contributed by atoms with Gasteiger partial charge in [-0.05, 0) is 48.1 Å². The van der Waals surface area contributed by atoms with Crippen molar-refractivity contribution >= 4 is 11.8 Å². The van der Waals surface area contributed by atoms with E-state index in [-0.39, 0.29) is 36.6 Å². The zero-order chi connectivity index (χ0) is 20.2. The quantitative estimate of drug-likeness (QED) is 0.804. The molecule has 0 aromatic heterocycles. The number of nitrogens with one attached hydrogen (secondary N) is 1. The summed E-state index contributed by atoms with van der Waals surface area (Å²) in [6, 6.07) is 16.3. The molecule has 0 saturated heterocycles. The van der Waals surface area contributed by atoms with Gasteiger partial charge in [0.2, 0.25) is 5.91 Å². The Kier molecular flexibility index (Phi) is 5.74. The van der Waals surface area contributed by atoms with E-state index in [4.69, 9.17) is 0 Å².